The number of sulfonamides is 1. The highest BCUT2D eigenvalue weighted by Crippen LogP contribution is 2.29. The minimum Gasteiger partial charge on any atom is -0.496 e. The highest BCUT2D eigenvalue weighted by atomic mass is 32.2. The number of methoxy groups -OCH3 is 1. The Hall–Kier alpha value is -4.18. The third-order valence-corrected chi connectivity index (χ3v) is 8.85. The molecule has 10 heteroatoms. The minimum atomic E-state index is -4.04. The molecule has 2 N–H and O–H groups in total. The Labute approximate surface area is 233 Å². The molecule has 0 saturated heterocycles. The first-order valence-corrected chi connectivity index (χ1v) is 14.8. The SMILES string of the molecule is COc1cc(C(=O)NS(=O)(=O)c2ccccc2C)ccc1Cn1ncc2ccc(NC(=O)CC3CCCC3)cc21. The molecule has 40 heavy (non-hydrogen) atoms. The van der Waals surface area contributed by atoms with Gasteiger partial charge in [-0.1, -0.05) is 37.1 Å². The number of benzene rings is 3. The first kappa shape index (κ1) is 27.4. The van der Waals surface area contributed by atoms with E-state index in [1.807, 2.05) is 18.2 Å². The van der Waals surface area contributed by atoms with Gasteiger partial charge in [0.25, 0.3) is 15.9 Å². The van der Waals surface area contributed by atoms with Gasteiger partial charge in [-0.05, 0) is 67.6 Å². The molecule has 5 rings (SSSR count). The van der Waals surface area contributed by atoms with Crippen molar-refractivity contribution in [3.05, 3.63) is 83.6 Å². The van der Waals surface area contributed by atoms with E-state index in [-0.39, 0.29) is 16.4 Å². The van der Waals surface area contributed by atoms with Crippen molar-refractivity contribution in [1.29, 1.82) is 0 Å². The Morgan fingerprint density at radius 3 is 2.58 bits per heavy atom. The number of ether oxygens (including phenoxy) is 1. The van der Waals surface area contributed by atoms with Crippen molar-refractivity contribution >= 4 is 38.4 Å². The molecule has 1 heterocycles. The fourth-order valence-corrected chi connectivity index (χ4v) is 6.46. The molecule has 1 aliphatic carbocycles. The maximum absolute atomic E-state index is 12.9. The Bertz CT molecular complexity index is 1670. The Balaban J connectivity index is 1.32. The lowest BCUT2D eigenvalue weighted by Crippen LogP contribution is -2.31. The molecular weight excluding hydrogens is 528 g/mol. The number of carbonyl (C=O) groups excluding carboxylic acids is 2. The second-order valence-electron chi connectivity index (χ2n) is 10.2. The molecule has 1 aromatic heterocycles. The van der Waals surface area contributed by atoms with E-state index in [1.165, 1.54) is 32.1 Å². The van der Waals surface area contributed by atoms with Gasteiger partial charge in [-0.2, -0.15) is 5.10 Å². The molecule has 0 aliphatic heterocycles. The van der Waals surface area contributed by atoms with E-state index in [0.29, 0.717) is 35.9 Å². The molecule has 4 aromatic rings. The molecule has 1 saturated carbocycles. The lowest BCUT2D eigenvalue weighted by atomic mass is 10.0. The first-order valence-electron chi connectivity index (χ1n) is 13.3. The van der Waals surface area contributed by atoms with Crippen LogP contribution in [-0.4, -0.2) is 37.1 Å². The molecular formula is C30H32N4O5S. The van der Waals surface area contributed by atoms with E-state index in [9.17, 15) is 18.0 Å². The maximum Gasteiger partial charge on any atom is 0.265 e. The zero-order valence-electron chi connectivity index (χ0n) is 22.5. The molecule has 208 valence electrons. The second-order valence-corrected chi connectivity index (χ2v) is 11.9. The van der Waals surface area contributed by atoms with Gasteiger partial charge in [0.15, 0.2) is 0 Å². The van der Waals surface area contributed by atoms with Crippen LogP contribution in [0.3, 0.4) is 0 Å². The number of nitrogens with one attached hydrogen (secondary N) is 2. The number of anilines is 1. The normalized spacial score (nSPS) is 13.8. The van der Waals surface area contributed by atoms with Gasteiger partial charge in [0.1, 0.15) is 5.75 Å². The van der Waals surface area contributed by atoms with Gasteiger partial charge in [0, 0.05) is 28.6 Å². The molecule has 0 spiro atoms. The number of hydrogen-bond acceptors (Lipinski definition) is 6. The number of amides is 2. The van der Waals surface area contributed by atoms with Crippen LogP contribution < -0.4 is 14.8 Å². The Kier molecular flexibility index (Phi) is 7.88. The molecule has 1 aliphatic rings. The highest BCUT2D eigenvalue weighted by molar-refractivity contribution is 7.90. The van der Waals surface area contributed by atoms with Crippen LogP contribution in [0.25, 0.3) is 10.9 Å². The van der Waals surface area contributed by atoms with E-state index in [1.54, 1.807) is 48.1 Å². The lowest BCUT2D eigenvalue weighted by Gasteiger charge is -2.13. The predicted octanol–water partition coefficient (Wildman–Crippen LogP) is 5.04. The standard InChI is InChI=1S/C30H32N4O5S/c1-20-7-3-6-10-28(20)40(37,38)33-30(36)22-11-12-24(27(16-22)39-2)19-34-26-17-25(14-13-23(26)18-31-34)32-29(35)15-21-8-4-5-9-21/h3,6-7,10-14,16-18,21H,4-5,8-9,15,19H2,1-2H3,(H,32,35)(H,33,36). The van der Waals surface area contributed by atoms with Crippen molar-refractivity contribution in [1.82, 2.24) is 14.5 Å². The monoisotopic (exact) mass is 560 g/mol. The third-order valence-electron chi connectivity index (χ3n) is 7.36. The van der Waals surface area contributed by atoms with Crippen molar-refractivity contribution in [2.75, 3.05) is 12.4 Å². The van der Waals surface area contributed by atoms with Crippen LogP contribution in [-0.2, 0) is 21.4 Å². The van der Waals surface area contributed by atoms with Crippen molar-refractivity contribution in [2.24, 2.45) is 5.92 Å². The summed E-state index contributed by atoms with van der Waals surface area (Å²) in [5, 5.41) is 8.45. The van der Waals surface area contributed by atoms with Gasteiger partial charge in [-0.15, -0.1) is 0 Å². The fraction of sp³-hybridized carbons (Fsp3) is 0.300. The number of nitrogens with zero attached hydrogens (tertiary/aromatic N) is 2. The number of aryl methyl sites for hydroxylation is 1. The van der Waals surface area contributed by atoms with Crippen molar-refractivity contribution in [3.63, 3.8) is 0 Å². The molecule has 0 unspecified atom stereocenters. The highest BCUT2D eigenvalue weighted by Gasteiger charge is 2.22. The lowest BCUT2D eigenvalue weighted by molar-refractivity contribution is -0.117. The average molecular weight is 561 g/mol. The van der Waals surface area contributed by atoms with Gasteiger partial charge < -0.3 is 10.1 Å². The summed E-state index contributed by atoms with van der Waals surface area (Å²) >= 11 is 0. The first-order chi connectivity index (χ1) is 19.2. The zero-order chi connectivity index (χ0) is 28.3. The summed E-state index contributed by atoms with van der Waals surface area (Å²) in [6.07, 6.45) is 6.92. The summed E-state index contributed by atoms with van der Waals surface area (Å²) in [4.78, 5) is 25.5. The molecule has 0 atom stereocenters. The van der Waals surface area contributed by atoms with Crippen LogP contribution in [0.4, 0.5) is 5.69 Å². The van der Waals surface area contributed by atoms with Crippen molar-refractivity contribution in [2.45, 2.75) is 50.5 Å². The van der Waals surface area contributed by atoms with Gasteiger partial charge in [0.05, 0.1) is 30.3 Å². The molecule has 3 aromatic carbocycles. The molecule has 9 nitrogen and oxygen atoms in total. The van der Waals surface area contributed by atoms with Gasteiger partial charge in [0.2, 0.25) is 5.91 Å². The number of aromatic nitrogens is 2. The number of fused-ring (bicyclic) bond motifs is 1. The zero-order valence-corrected chi connectivity index (χ0v) is 23.3. The predicted molar refractivity (Wildman–Crippen MR) is 153 cm³/mol. The van der Waals surface area contributed by atoms with Crippen LogP contribution in [0.5, 0.6) is 5.75 Å². The van der Waals surface area contributed by atoms with E-state index in [4.69, 9.17) is 4.74 Å². The minimum absolute atomic E-state index is 0.0253. The maximum atomic E-state index is 12.9. The van der Waals surface area contributed by atoms with Crippen LogP contribution in [0, 0.1) is 12.8 Å². The van der Waals surface area contributed by atoms with Crippen LogP contribution >= 0.6 is 0 Å². The summed E-state index contributed by atoms with van der Waals surface area (Å²) in [5.74, 6) is 0.160. The summed E-state index contributed by atoms with van der Waals surface area (Å²) < 4.78 is 35.0. The van der Waals surface area contributed by atoms with Crippen LogP contribution in [0.2, 0.25) is 0 Å². The molecule has 2 amide bonds. The smallest absolute Gasteiger partial charge is 0.265 e. The van der Waals surface area contributed by atoms with E-state index >= 15 is 0 Å². The quantitative estimate of drug-likeness (QED) is 0.296. The Morgan fingerprint density at radius 1 is 1.05 bits per heavy atom. The van der Waals surface area contributed by atoms with E-state index in [0.717, 1.165) is 29.3 Å². The van der Waals surface area contributed by atoms with Crippen molar-refractivity contribution < 1.29 is 22.7 Å². The Morgan fingerprint density at radius 2 is 1.82 bits per heavy atom. The van der Waals surface area contributed by atoms with Gasteiger partial charge in [-0.25, -0.2) is 13.1 Å². The molecule has 0 bridgehead atoms. The summed E-state index contributed by atoms with van der Waals surface area (Å²) in [5.41, 5.74) is 2.99. The largest absolute Gasteiger partial charge is 0.496 e. The summed E-state index contributed by atoms with van der Waals surface area (Å²) in [7, 11) is -2.55. The van der Waals surface area contributed by atoms with Gasteiger partial charge >= 0.3 is 0 Å². The van der Waals surface area contributed by atoms with E-state index in [2.05, 4.69) is 15.1 Å². The van der Waals surface area contributed by atoms with Gasteiger partial charge in [-0.3, -0.25) is 14.3 Å². The second kappa shape index (κ2) is 11.5. The summed E-state index contributed by atoms with van der Waals surface area (Å²) in [6.45, 7) is 2.01. The van der Waals surface area contributed by atoms with Crippen LogP contribution in [0.1, 0.15) is 53.6 Å². The topological polar surface area (TPSA) is 119 Å². The molecule has 1 fully saturated rings. The van der Waals surface area contributed by atoms with E-state index < -0.39 is 15.9 Å². The number of carbonyl (C=O) groups is 2. The van der Waals surface area contributed by atoms with Crippen LogP contribution in [0.15, 0.2) is 71.8 Å². The number of rotatable bonds is 9. The summed E-state index contributed by atoms with van der Waals surface area (Å²) in [6, 6.07) is 16.9. The number of hydrogen-bond donors (Lipinski definition) is 2. The third kappa shape index (κ3) is 6.02. The fourth-order valence-electron chi connectivity index (χ4n) is 5.23. The van der Waals surface area contributed by atoms with Crippen molar-refractivity contribution in [3.8, 4) is 5.75 Å². The molecule has 0 radical (unpaired) electrons. The average Bonchev–Trinajstić information content (AvgIpc) is 3.58.